The molecular weight excluding hydrogens is 198 g/mol. The minimum Gasteiger partial charge on any atom is -0.427 e. The molecule has 5 heteroatoms. The molecule has 0 saturated heterocycles. The summed E-state index contributed by atoms with van der Waals surface area (Å²) in [5, 5.41) is 18.2. The van der Waals surface area contributed by atoms with Gasteiger partial charge in [0, 0.05) is 6.32 Å². The minimum absolute atomic E-state index is 0.164. The van der Waals surface area contributed by atoms with E-state index in [-0.39, 0.29) is 6.32 Å². The zero-order chi connectivity index (χ0) is 9.14. The van der Waals surface area contributed by atoms with Gasteiger partial charge in [-0.05, 0) is 17.7 Å². The summed E-state index contributed by atoms with van der Waals surface area (Å²) in [6, 6.07) is 4.94. The number of halogens is 2. The van der Waals surface area contributed by atoms with Crippen LogP contribution in [0.3, 0.4) is 0 Å². The second-order valence-corrected chi connectivity index (χ2v) is 3.25. The van der Waals surface area contributed by atoms with Gasteiger partial charge in [0.05, 0.1) is 10.0 Å². The average Bonchev–Trinajstić information content (AvgIpc) is 1.96. The van der Waals surface area contributed by atoms with Crippen LogP contribution in [0.15, 0.2) is 18.2 Å². The summed E-state index contributed by atoms with van der Waals surface area (Å²) in [7, 11) is -1.35. The SMILES string of the molecule is OB(O)Cc1ccc(Cl)c(Cl)c1. The zero-order valence-electron chi connectivity index (χ0n) is 6.17. The second-order valence-electron chi connectivity index (χ2n) is 2.43. The number of hydrogen-bond acceptors (Lipinski definition) is 2. The van der Waals surface area contributed by atoms with Gasteiger partial charge in [-0.1, -0.05) is 29.3 Å². The highest BCUT2D eigenvalue weighted by Gasteiger charge is 2.08. The third kappa shape index (κ3) is 2.68. The summed E-state index contributed by atoms with van der Waals surface area (Å²) in [6.07, 6.45) is 0.164. The third-order valence-electron chi connectivity index (χ3n) is 1.40. The maximum absolute atomic E-state index is 8.65. The van der Waals surface area contributed by atoms with E-state index in [4.69, 9.17) is 33.2 Å². The van der Waals surface area contributed by atoms with Gasteiger partial charge in [-0.2, -0.15) is 0 Å². The fourth-order valence-corrected chi connectivity index (χ4v) is 1.20. The van der Waals surface area contributed by atoms with Gasteiger partial charge in [-0.25, -0.2) is 0 Å². The van der Waals surface area contributed by atoms with Crippen molar-refractivity contribution < 1.29 is 10.0 Å². The first-order valence-electron chi connectivity index (χ1n) is 3.39. The maximum atomic E-state index is 8.65. The largest absolute Gasteiger partial charge is 0.456 e. The van der Waals surface area contributed by atoms with Gasteiger partial charge in [-0.15, -0.1) is 0 Å². The first-order valence-corrected chi connectivity index (χ1v) is 4.15. The molecule has 2 nitrogen and oxygen atoms in total. The van der Waals surface area contributed by atoms with Gasteiger partial charge in [-0.3, -0.25) is 0 Å². The molecule has 0 atom stereocenters. The molecule has 0 bridgehead atoms. The summed E-state index contributed by atoms with van der Waals surface area (Å²) < 4.78 is 0. The first kappa shape index (κ1) is 9.87. The topological polar surface area (TPSA) is 40.5 Å². The molecule has 0 aliphatic carbocycles. The van der Waals surface area contributed by atoms with Crippen LogP contribution in [0.1, 0.15) is 5.56 Å². The molecule has 0 aliphatic heterocycles. The molecule has 0 heterocycles. The molecule has 0 saturated carbocycles. The molecule has 1 aromatic carbocycles. The lowest BCUT2D eigenvalue weighted by molar-refractivity contribution is 0.405. The van der Waals surface area contributed by atoms with Crippen molar-refractivity contribution in [1.82, 2.24) is 0 Å². The number of benzene rings is 1. The zero-order valence-corrected chi connectivity index (χ0v) is 7.68. The van der Waals surface area contributed by atoms with Crippen molar-refractivity contribution in [3.05, 3.63) is 33.8 Å². The van der Waals surface area contributed by atoms with E-state index in [1.54, 1.807) is 18.2 Å². The lowest BCUT2D eigenvalue weighted by atomic mass is 9.82. The summed E-state index contributed by atoms with van der Waals surface area (Å²) in [4.78, 5) is 0. The van der Waals surface area contributed by atoms with E-state index in [0.29, 0.717) is 10.0 Å². The molecular formula is C7H7BCl2O2. The lowest BCUT2D eigenvalue weighted by Crippen LogP contribution is -2.14. The van der Waals surface area contributed by atoms with Crippen molar-refractivity contribution in [2.45, 2.75) is 6.32 Å². The summed E-state index contributed by atoms with van der Waals surface area (Å²) in [5.74, 6) is 0. The molecule has 12 heavy (non-hydrogen) atoms. The van der Waals surface area contributed by atoms with Crippen LogP contribution >= 0.6 is 23.2 Å². The van der Waals surface area contributed by atoms with Crippen LogP contribution in [0.2, 0.25) is 10.0 Å². The predicted molar refractivity (Wildman–Crippen MR) is 50.4 cm³/mol. The fourth-order valence-electron chi connectivity index (χ4n) is 0.877. The van der Waals surface area contributed by atoms with E-state index in [2.05, 4.69) is 0 Å². The third-order valence-corrected chi connectivity index (χ3v) is 2.14. The molecule has 2 N–H and O–H groups in total. The number of hydrogen-bond donors (Lipinski definition) is 2. The van der Waals surface area contributed by atoms with Gasteiger partial charge < -0.3 is 10.0 Å². The molecule has 1 rings (SSSR count). The Balaban J connectivity index is 2.82. The van der Waals surface area contributed by atoms with Crippen molar-refractivity contribution in [1.29, 1.82) is 0 Å². The van der Waals surface area contributed by atoms with E-state index in [0.717, 1.165) is 5.56 Å². The van der Waals surface area contributed by atoms with Crippen LogP contribution in [-0.2, 0) is 6.32 Å². The smallest absolute Gasteiger partial charge is 0.427 e. The molecule has 0 spiro atoms. The van der Waals surface area contributed by atoms with E-state index in [9.17, 15) is 0 Å². The Bertz CT molecular complexity index is 278. The summed E-state index contributed by atoms with van der Waals surface area (Å²) in [6.45, 7) is 0. The van der Waals surface area contributed by atoms with Crippen LogP contribution in [0.4, 0.5) is 0 Å². The molecule has 0 aliphatic rings. The first-order chi connectivity index (χ1) is 5.59. The predicted octanol–water partition coefficient (Wildman–Crippen LogP) is 1.55. The van der Waals surface area contributed by atoms with Crippen LogP contribution in [0.5, 0.6) is 0 Å². The van der Waals surface area contributed by atoms with Crippen LogP contribution < -0.4 is 0 Å². The molecule has 0 amide bonds. The second kappa shape index (κ2) is 4.14. The van der Waals surface area contributed by atoms with Crippen molar-refractivity contribution >= 4 is 30.3 Å². The molecule has 64 valence electrons. The Hall–Kier alpha value is -0.215. The molecule has 0 fully saturated rings. The quantitative estimate of drug-likeness (QED) is 0.718. The van der Waals surface area contributed by atoms with Crippen molar-refractivity contribution in [2.24, 2.45) is 0 Å². The van der Waals surface area contributed by atoms with Gasteiger partial charge in [0.2, 0.25) is 0 Å². The minimum atomic E-state index is -1.35. The Morgan fingerprint density at radius 3 is 2.33 bits per heavy atom. The van der Waals surface area contributed by atoms with Gasteiger partial charge in [0.1, 0.15) is 0 Å². The van der Waals surface area contributed by atoms with Gasteiger partial charge in [0.15, 0.2) is 0 Å². The van der Waals surface area contributed by atoms with Crippen LogP contribution in [-0.4, -0.2) is 17.2 Å². The normalized spacial score (nSPS) is 10.0. The van der Waals surface area contributed by atoms with Crippen molar-refractivity contribution in [2.75, 3.05) is 0 Å². The lowest BCUT2D eigenvalue weighted by Gasteiger charge is -2.01. The highest BCUT2D eigenvalue weighted by atomic mass is 35.5. The van der Waals surface area contributed by atoms with E-state index in [1.807, 2.05) is 0 Å². The summed E-state index contributed by atoms with van der Waals surface area (Å²) in [5.41, 5.74) is 0.749. The average molecular weight is 205 g/mol. The standard InChI is InChI=1S/C7H7BCl2O2/c9-6-2-1-5(3-7(6)10)4-8(11)12/h1-3,11-12H,4H2. The summed E-state index contributed by atoms with van der Waals surface area (Å²) >= 11 is 11.4. The maximum Gasteiger partial charge on any atom is 0.456 e. The van der Waals surface area contributed by atoms with E-state index in [1.165, 1.54) is 0 Å². The number of rotatable bonds is 2. The van der Waals surface area contributed by atoms with Crippen LogP contribution in [0.25, 0.3) is 0 Å². The van der Waals surface area contributed by atoms with Gasteiger partial charge >= 0.3 is 7.12 Å². The molecule has 1 aromatic rings. The van der Waals surface area contributed by atoms with E-state index >= 15 is 0 Å². The fraction of sp³-hybridized carbons (Fsp3) is 0.143. The van der Waals surface area contributed by atoms with Crippen molar-refractivity contribution in [3.8, 4) is 0 Å². The van der Waals surface area contributed by atoms with Gasteiger partial charge in [0.25, 0.3) is 0 Å². The molecule has 0 aromatic heterocycles. The molecule has 0 radical (unpaired) electrons. The monoisotopic (exact) mass is 204 g/mol. The Labute approximate surface area is 80.9 Å². The van der Waals surface area contributed by atoms with Crippen LogP contribution in [0, 0.1) is 0 Å². The molecule has 0 unspecified atom stereocenters. The Morgan fingerprint density at radius 1 is 1.17 bits per heavy atom. The Kier molecular flexibility index (Phi) is 3.41. The Morgan fingerprint density at radius 2 is 1.83 bits per heavy atom. The highest BCUT2D eigenvalue weighted by molar-refractivity contribution is 6.42. The highest BCUT2D eigenvalue weighted by Crippen LogP contribution is 2.22. The van der Waals surface area contributed by atoms with E-state index < -0.39 is 7.12 Å². The van der Waals surface area contributed by atoms with Crippen molar-refractivity contribution in [3.63, 3.8) is 0 Å².